The molecule has 0 aliphatic carbocycles. The van der Waals surface area contributed by atoms with Crippen LogP contribution in [0, 0.1) is 0 Å². The Hall–Kier alpha value is -1.40. The van der Waals surface area contributed by atoms with Gasteiger partial charge >= 0.3 is 6.09 Å². The van der Waals surface area contributed by atoms with E-state index < -0.39 is 14.4 Å². The number of rotatable bonds is 4. The molecule has 0 unspecified atom stereocenters. The summed E-state index contributed by atoms with van der Waals surface area (Å²) in [6, 6.07) is 3.65. The first-order chi connectivity index (χ1) is 9.06. The Morgan fingerprint density at radius 3 is 2.55 bits per heavy atom. The molecule has 0 bridgehead atoms. The van der Waals surface area contributed by atoms with Gasteiger partial charge in [-0.15, -0.1) is 0 Å². The van der Waals surface area contributed by atoms with Gasteiger partial charge in [0.2, 0.25) is 0 Å². The smallest absolute Gasteiger partial charge is 0.412 e. The van der Waals surface area contributed by atoms with Gasteiger partial charge < -0.3 is 9.53 Å². The SMILES string of the molecule is CN(C(=O)O)c1ncccc1CO[Si](C)(C)C(C)(C)C. The van der Waals surface area contributed by atoms with Crippen LogP contribution in [-0.2, 0) is 11.0 Å². The van der Waals surface area contributed by atoms with Crippen LogP contribution in [-0.4, -0.2) is 31.5 Å². The molecular weight excluding hydrogens is 272 g/mol. The van der Waals surface area contributed by atoms with Gasteiger partial charge in [0.25, 0.3) is 0 Å². The first kappa shape index (κ1) is 16.7. The summed E-state index contributed by atoms with van der Waals surface area (Å²) in [5.74, 6) is 0.429. The zero-order chi connectivity index (χ0) is 15.6. The lowest BCUT2D eigenvalue weighted by Crippen LogP contribution is -2.40. The van der Waals surface area contributed by atoms with Gasteiger partial charge in [0.15, 0.2) is 8.32 Å². The number of hydrogen-bond donors (Lipinski definition) is 1. The van der Waals surface area contributed by atoms with Crippen LogP contribution in [0.15, 0.2) is 18.3 Å². The second-order valence-corrected chi connectivity index (χ2v) is 11.2. The van der Waals surface area contributed by atoms with Crippen LogP contribution >= 0.6 is 0 Å². The topological polar surface area (TPSA) is 62.7 Å². The maximum absolute atomic E-state index is 11.1. The molecule has 0 aromatic carbocycles. The lowest BCUT2D eigenvalue weighted by atomic mass is 10.2. The van der Waals surface area contributed by atoms with Crippen molar-refractivity contribution in [2.45, 2.75) is 45.5 Å². The minimum absolute atomic E-state index is 0.119. The first-order valence-corrected chi connectivity index (χ1v) is 9.51. The average molecular weight is 296 g/mol. The molecule has 1 amide bonds. The molecule has 0 aliphatic rings. The minimum Gasteiger partial charge on any atom is -0.465 e. The number of aromatic nitrogens is 1. The molecule has 0 fully saturated rings. The highest BCUT2D eigenvalue weighted by molar-refractivity contribution is 6.74. The summed E-state index contributed by atoms with van der Waals surface area (Å²) in [5, 5.41) is 9.19. The summed E-state index contributed by atoms with van der Waals surface area (Å²) in [6.45, 7) is 11.2. The quantitative estimate of drug-likeness (QED) is 0.860. The fraction of sp³-hybridized carbons (Fsp3) is 0.571. The zero-order valence-corrected chi connectivity index (χ0v) is 14.1. The number of amides is 1. The predicted molar refractivity (Wildman–Crippen MR) is 82.7 cm³/mol. The second-order valence-electron chi connectivity index (χ2n) is 6.38. The van der Waals surface area contributed by atoms with Crippen molar-refractivity contribution in [1.29, 1.82) is 0 Å². The molecular formula is C14H24N2O3Si. The van der Waals surface area contributed by atoms with Crippen molar-refractivity contribution in [2.75, 3.05) is 11.9 Å². The number of hydrogen-bond acceptors (Lipinski definition) is 3. The van der Waals surface area contributed by atoms with E-state index in [2.05, 4.69) is 38.8 Å². The maximum Gasteiger partial charge on any atom is 0.412 e. The molecule has 1 rings (SSSR count). The van der Waals surface area contributed by atoms with Crippen molar-refractivity contribution in [3.8, 4) is 0 Å². The van der Waals surface area contributed by atoms with Crippen molar-refractivity contribution >= 4 is 20.2 Å². The Labute approximate surface area is 121 Å². The fourth-order valence-electron chi connectivity index (χ4n) is 1.41. The van der Waals surface area contributed by atoms with Crippen LogP contribution in [0.5, 0.6) is 0 Å². The van der Waals surface area contributed by atoms with E-state index >= 15 is 0 Å². The van der Waals surface area contributed by atoms with Crippen molar-refractivity contribution in [1.82, 2.24) is 4.98 Å². The third-order valence-electron chi connectivity index (χ3n) is 3.87. The summed E-state index contributed by atoms with van der Waals surface area (Å²) >= 11 is 0. The van der Waals surface area contributed by atoms with Gasteiger partial charge in [-0.25, -0.2) is 9.78 Å². The lowest BCUT2D eigenvalue weighted by Gasteiger charge is -2.36. The average Bonchev–Trinajstić information content (AvgIpc) is 2.34. The van der Waals surface area contributed by atoms with Crippen LogP contribution in [0.2, 0.25) is 18.1 Å². The standard InChI is InChI=1S/C14H24N2O3Si/c1-14(2,3)20(5,6)19-10-11-8-7-9-15-12(11)16(4)13(17)18/h7-9H,10H2,1-6H3,(H,17,18). The highest BCUT2D eigenvalue weighted by atomic mass is 28.4. The molecule has 5 nitrogen and oxygen atoms in total. The number of nitrogens with zero attached hydrogens (tertiary/aromatic N) is 2. The number of carbonyl (C=O) groups is 1. The van der Waals surface area contributed by atoms with Crippen molar-refractivity contribution in [3.05, 3.63) is 23.9 Å². The van der Waals surface area contributed by atoms with E-state index in [9.17, 15) is 4.79 Å². The van der Waals surface area contributed by atoms with Crippen molar-refractivity contribution in [2.24, 2.45) is 0 Å². The number of anilines is 1. The summed E-state index contributed by atoms with van der Waals surface area (Å²) in [5.41, 5.74) is 0.794. The molecule has 0 radical (unpaired) electrons. The molecule has 6 heteroatoms. The molecule has 0 saturated carbocycles. The normalized spacial score (nSPS) is 12.3. The minimum atomic E-state index is -1.87. The molecule has 1 aromatic heterocycles. The Morgan fingerprint density at radius 2 is 2.05 bits per heavy atom. The van der Waals surface area contributed by atoms with E-state index in [-0.39, 0.29) is 5.04 Å². The molecule has 0 spiro atoms. The van der Waals surface area contributed by atoms with Gasteiger partial charge in [-0.2, -0.15) is 0 Å². The molecule has 20 heavy (non-hydrogen) atoms. The Morgan fingerprint density at radius 1 is 1.45 bits per heavy atom. The molecule has 112 valence electrons. The maximum atomic E-state index is 11.1. The fourth-order valence-corrected chi connectivity index (χ4v) is 2.36. The second kappa shape index (κ2) is 5.93. The number of pyridine rings is 1. The van der Waals surface area contributed by atoms with Crippen molar-refractivity contribution < 1.29 is 14.3 Å². The third-order valence-corrected chi connectivity index (χ3v) is 8.35. The summed E-state index contributed by atoms with van der Waals surface area (Å²) < 4.78 is 6.13. The van der Waals surface area contributed by atoms with Gasteiger partial charge in [-0.3, -0.25) is 4.90 Å². The van der Waals surface area contributed by atoms with E-state index in [1.165, 1.54) is 7.05 Å². The molecule has 0 aliphatic heterocycles. The summed E-state index contributed by atoms with van der Waals surface area (Å²) in [6.07, 6.45) is 0.558. The van der Waals surface area contributed by atoms with Crippen LogP contribution in [0.1, 0.15) is 26.3 Å². The van der Waals surface area contributed by atoms with Crippen molar-refractivity contribution in [3.63, 3.8) is 0 Å². The van der Waals surface area contributed by atoms with E-state index in [4.69, 9.17) is 9.53 Å². The summed E-state index contributed by atoms with van der Waals surface area (Å²) in [7, 11) is -0.380. The van der Waals surface area contributed by atoms with Crippen LogP contribution < -0.4 is 4.90 Å². The van der Waals surface area contributed by atoms with Gasteiger partial charge in [0, 0.05) is 18.8 Å². The van der Waals surface area contributed by atoms with Gasteiger partial charge in [0.1, 0.15) is 5.82 Å². The van der Waals surface area contributed by atoms with E-state index in [0.717, 1.165) is 10.5 Å². The lowest BCUT2D eigenvalue weighted by molar-refractivity contribution is 0.203. The zero-order valence-electron chi connectivity index (χ0n) is 13.1. The molecule has 1 N–H and O–H groups in total. The largest absolute Gasteiger partial charge is 0.465 e. The third kappa shape index (κ3) is 3.80. The highest BCUT2D eigenvalue weighted by Gasteiger charge is 2.37. The van der Waals surface area contributed by atoms with Crippen LogP contribution in [0.3, 0.4) is 0 Å². The summed E-state index contributed by atoms with van der Waals surface area (Å²) in [4.78, 5) is 16.3. The number of carboxylic acid groups (broad SMARTS) is 1. The molecule has 0 atom stereocenters. The van der Waals surface area contributed by atoms with E-state index in [0.29, 0.717) is 12.4 Å². The van der Waals surface area contributed by atoms with Gasteiger partial charge in [0.05, 0.1) is 6.61 Å². The first-order valence-electron chi connectivity index (χ1n) is 6.61. The van der Waals surface area contributed by atoms with Gasteiger partial charge in [-0.1, -0.05) is 26.8 Å². The van der Waals surface area contributed by atoms with Crippen LogP contribution in [0.4, 0.5) is 10.6 Å². The molecule has 1 aromatic rings. The molecule has 0 saturated heterocycles. The highest BCUT2D eigenvalue weighted by Crippen LogP contribution is 2.37. The van der Waals surface area contributed by atoms with Gasteiger partial charge in [-0.05, 0) is 24.2 Å². The van der Waals surface area contributed by atoms with E-state index in [1.807, 2.05) is 6.07 Å². The van der Waals surface area contributed by atoms with E-state index in [1.54, 1.807) is 12.3 Å². The van der Waals surface area contributed by atoms with Crippen LogP contribution in [0.25, 0.3) is 0 Å². The predicted octanol–water partition coefficient (Wildman–Crippen LogP) is 3.72. The monoisotopic (exact) mass is 296 g/mol. The molecule has 1 heterocycles. The Kier molecular flexibility index (Phi) is 4.93. The Bertz CT molecular complexity index is 484. The Balaban J connectivity index is 2.92.